The lowest BCUT2D eigenvalue weighted by atomic mass is 10.2. The molecular formula is C17H19NO5S2. The van der Waals surface area contributed by atoms with Gasteiger partial charge in [0, 0.05) is 0 Å². The van der Waals surface area contributed by atoms with E-state index < -0.39 is 27.5 Å². The summed E-state index contributed by atoms with van der Waals surface area (Å²) >= 11 is 1.06. The molecule has 2 rings (SSSR count). The van der Waals surface area contributed by atoms with Gasteiger partial charge in [-0.2, -0.15) is 0 Å². The van der Waals surface area contributed by atoms with E-state index in [2.05, 4.69) is 5.32 Å². The number of aryl methyl sites for hydroxylation is 2. The van der Waals surface area contributed by atoms with Crippen molar-refractivity contribution in [3.63, 3.8) is 0 Å². The zero-order valence-corrected chi connectivity index (χ0v) is 15.8. The minimum Gasteiger partial charge on any atom is -0.462 e. The summed E-state index contributed by atoms with van der Waals surface area (Å²) < 4.78 is 29.5. The van der Waals surface area contributed by atoms with Crippen molar-refractivity contribution in [1.29, 1.82) is 0 Å². The maximum atomic E-state index is 12.3. The van der Waals surface area contributed by atoms with Gasteiger partial charge in [-0.05, 0) is 44.5 Å². The van der Waals surface area contributed by atoms with Gasteiger partial charge in [0.25, 0.3) is 0 Å². The van der Waals surface area contributed by atoms with Crippen LogP contribution < -0.4 is 5.32 Å². The van der Waals surface area contributed by atoms with Crippen molar-refractivity contribution >= 4 is 38.1 Å². The third kappa shape index (κ3) is 4.90. The molecule has 6 nitrogen and oxygen atoms in total. The molecule has 2 aromatic rings. The number of anilines is 1. The Labute approximate surface area is 150 Å². The lowest BCUT2D eigenvalue weighted by molar-refractivity contribution is -0.113. The molecule has 0 bridgehead atoms. The Hall–Kier alpha value is -2.19. The van der Waals surface area contributed by atoms with Gasteiger partial charge in [-0.1, -0.05) is 17.7 Å². The summed E-state index contributed by atoms with van der Waals surface area (Å²) in [5.74, 6) is -1.78. The smallest absolute Gasteiger partial charge is 0.348 e. The maximum absolute atomic E-state index is 12.3. The highest BCUT2D eigenvalue weighted by Crippen LogP contribution is 2.27. The normalized spacial score (nSPS) is 11.2. The molecule has 0 aliphatic heterocycles. The van der Waals surface area contributed by atoms with Crippen LogP contribution in [0.2, 0.25) is 0 Å². The fourth-order valence-corrected chi connectivity index (χ4v) is 4.24. The molecule has 1 N–H and O–H groups in total. The number of sulfone groups is 1. The summed E-state index contributed by atoms with van der Waals surface area (Å²) in [4.78, 5) is 24.4. The average Bonchev–Trinajstić information content (AvgIpc) is 2.87. The Morgan fingerprint density at radius 2 is 1.80 bits per heavy atom. The molecule has 0 saturated heterocycles. The van der Waals surface area contributed by atoms with Gasteiger partial charge in [-0.15, -0.1) is 11.3 Å². The Kier molecular flexibility index (Phi) is 5.97. The van der Waals surface area contributed by atoms with Gasteiger partial charge in [0.05, 0.1) is 16.5 Å². The molecule has 0 aliphatic rings. The Bertz CT molecular complexity index is 882. The largest absolute Gasteiger partial charge is 0.462 e. The monoisotopic (exact) mass is 381 g/mol. The van der Waals surface area contributed by atoms with E-state index in [1.807, 2.05) is 6.92 Å². The van der Waals surface area contributed by atoms with Gasteiger partial charge in [0.15, 0.2) is 9.84 Å². The van der Waals surface area contributed by atoms with Gasteiger partial charge in [-0.3, -0.25) is 4.79 Å². The van der Waals surface area contributed by atoms with Crippen molar-refractivity contribution in [3.05, 3.63) is 46.3 Å². The standard InChI is InChI=1S/C17H19NO5S2/c1-4-23-17(20)16-12(3)9-15(24-16)18-14(19)10-25(21,22)13-7-5-11(2)6-8-13/h5-9H,4,10H2,1-3H3,(H,18,19). The van der Waals surface area contributed by atoms with Crippen LogP contribution >= 0.6 is 11.3 Å². The summed E-state index contributed by atoms with van der Waals surface area (Å²) in [7, 11) is -3.72. The molecule has 25 heavy (non-hydrogen) atoms. The van der Waals surface area contributed by atoms with Crippen LogP contribution in [-0.4, -0.2) is 32.7 Å². The van der Waals surface area contributed by atoms with Crippen LogP contribution in [0.5, 0.6) is 0 Å². The summed E-state index contributed by atoms with van der Waals surface area (Å²) in [6.07, 6.45) is 0. The molecule has 1 aromatic carbocycles. The predicted octanol–water partition coefficient (Wildman–Crippen LogP) is 2.95. The fourth-order valence-electron chi connectivity index (χ4n) is 2.12. The second-order valence-electron chi connectivity index (χ2n) is 5.46. The molecule has 1 heterocycles. The quantitative estimate of drug-likeness (QED) is 0.777. The number of hydrogen-bond donors (Lipinski definition) is 1. The molecule has 0 unspecified atom stereocenters. The highest BCUT2D eigenvalue weighted by Gasteiger charge is 2.21. The third-order valence-corrected chi connectivity index (χ3v) is 6.11. The fraction of sp³-hybridized carbons (Fsp3) is 0.294. The zero-order valence-electron chi connectivity index (χ0n) is 14.2. The van der Waals surface area contributed by atoms with Gasteiger partial charge >= 0.3 is 5.97 Å². The first-order chi connectivity index (χ1) is 11.7. The van der Waals surface area contributed by atoms with Crippen LogP contribution in [-0.2, 0) is 19.4 Å². The minimum atomic E-state index is -3.72. The van der Waals surface area contributed by atoms with Crippen molar-refractivity contribution in [2.24, 2.45) is 0 Å². The summed E-state index contributed by atoms with van der Waals surface area (Å²) in [6, 6.07) is 7.93. The lowest BCUT2D eigenvalue weighted by Crippen LogP contribution is -2.22. The van der Waals surface area contributed by atoms with E-state index in [0.717, 1.165) is 16.9 Å². The maximum Gasteiger partial charge on any atom is 0.348 e. The zero-order chi connectivity index (χ0) is 18.6. The van der Waals surface area contributed by atoms with Crippen LogP contribution in [0.4, 0.5) is 5.00 Å². The Balaban J connectivity index is 2.08. The van der Waals surface area contributed by atoms with E-state index in [1.165, 1.54) is 12.1 Å². The second-order valence-corrected chi connectivity index (χ2v) is 8.51. The van der Waals surface area contributed by atoms with E-state index in [0.29, 0.717) is 15.4 Å². The van der Waals surface area contributed by atoms with E-state index in [9.17, 15) is 18.0 Å². The molecule has 1 amide bonds. The van der Waals surface area contributed by atoms with Crippen LogP contribution in [0.15, 0.2) is 35.2 Å². The third-order valence-electron chi connectivity index (χ3n) is 3.34. The van der Waals surface area contributed by atoms with Crippen LogP contribution in [0.3, 0.4) is 0 Å². The number of rotatable bonds is 6. The Morgan fingerprint density at radius 3 is 2.40 bits per heavy atom. The highest BCUT2D eigenvalue weighted by atomic mass is 32.2. The van der Waals surface area contributed by atoms with Crippen molar-refractivity contribution in [2.45, 2.75) is 25.7 Å². The SMILES string of the molecule is CCOC(=O)c1sc(NC(=O)CS(=O)(=O)c2ccc(C)cc2)cc1C. The molecule has 0 atom stereocenters. The summed E-state index contributed by atoms with van der Waals surface area (Å²) in [5, 5.41) is 2.94. The second kappa shape index (κ2) is 7.79. The van der Waals surface area contributed by atoms with E-state index >= 15 is 0 Å². The van der Waals surface area contributed by atoms with Crippen molar-refractivity contribution in [2.75, 3.05) is 17.7 Å². The van der Waals surface area contributed by atoms with E-state index in [-0.39, 0.29) is 11.5 Å². The minimum absolute atomic E-state index is 0.0998. The number of amides is 1. The number of thiophene rings is 1. The number of esters is 1. The first-order valence-corrected chi connectivity index (χ1v) is 10.1. The molecule has 0 spiro atoms. The van der Waals surface area contributed by atoms with E-state index in [1.54, 1.807) is 32.0 Å². The molecule has 0 aliphatic carbocycles. The van der Waals surface area contributed by atoms with Gasteiger partial charge in [0.1, 0.15) is 10.6 Å². The van der Waals surface area contributed by atoms with Gasteiger partial charge in [0.2, 0.25) is 5.91 Å². The van der Waals surface area contributed by atoms with Gasteiger partial charge in [-0.25, -0.2) is 13.2 Å². The number of hydrogen-bond acceptors (Lipinski definition) is 6. The highest BCUT2D eigenvalue weighted by molar-refractivity contribution is 7.92. The number of nitrogens with one attached hydrogen (secondary N) is 1. The van der Waals surface area contributed by atoms with Crippen LogP contribution in [0.1, 0.15) is 27.7 Å². The molecule has 8 heteroatoms. The first kappa shape index (κ1) is 19.1. The summed E-state index contributed by atoms with van der Waals surface area (Å²) in [6.45, 7) is 5.54. The van der Waals surface area contributed by atoms with Crippen molar-refractivity contribution in [1.82, 2.24) is 0 Å². The summed E-state index contributed by atoms with van der Waals surface area (Å²) in [5.41, 5.74) is 1.60. The first-order valence-electron chi connectivity index (χ1n) is 7.59. The van der Waals surface area contributed by atoms with Crippen LogP contribution in [0.25, 0.3) is 0 Å². The topological polar surface area (TPSA) is 89.5 Å². The average molecular weight is 381 g/mol. The van der Waals surface area contributed by atoms with Crippen LogP contribution in [0, 0.1) is 13.8 Å². The lowest BCUT2D eigenvalue weighted by Gasteiger charge is -2.05. The van der Waals surface area contributed by atoms with Gasteiger partial charge < -0.3 is 10.1 Å². The molecule has 134 valence electrons. The number of carbonyl (C=O) groups is 2. The van der Waals surface area contributed by atoms with Crippen molar-refractivity contribution in [3.8, 4) is 0 Å². The molecule has 0 radical (unpaired) electrons. The van der Waals surface area contributed by atoms with E-state index in [4.69, 9.17) is 4.74 Å². The number of carbonyl (C=O) groups excluding carboxylic acids is 2. The molecule has 1 aromatic heterocycles. The molecule has 0 fully saturated rings. The molecule has 0 saturated carbocycles. The van der Waals surface area contributed by atoms with Crippen molar-refractivity contribution < 1.29 is 22.7 Å². The Morgan fingerprint density at radius 1 is 1.16 bits per heavy atom. The number of ether oxygens (including phenoxy) is 1. The number of benzene rings is 1. The predicted molar refractivity (Wildman–Crippen MR) is 96.9 cm³/mol. The molecular weight excluding hydrogens is 362 g/mol.